The monoisotopic (exact) mass is 497 g/mol. The third kappa shape index (κ3) is 8.95. The van der Waals surface area contributed by atoms with Gasteiger partial charge in [-0.05, 0) is 42.8 Å². The van der Waals surface area contributed by atoms with Crippen molar-refractivity contribution < 1.29 is 23.9 Å². The molecule has 0 atom stereocenters. The molecule has 188 valence electrons. The molecule has 2 amide bonds. The lowest BCUT2D eigenvalue weighted by molar-refractivity contribution is -0.145. The van der Waals surface area contributed by atoms with E-state index in [1.165, 1.54) is 12.3 Å². The van der Waals surface area contributed by atoms with Gasteiger partial charge in [0.1, 0.15) is 11.4 Å². The second-order valence-electron chi connectivity index (χ2n) is 7.50. The molecular formula is C29H27N3O5. The normalized spacial score (nSPS) is 11.3. The number of hydrogen-bond acceptors (Lipinski definition) is 6. The van der Waals surface area contributed by atoms with Gasteiger partial charge in [-0.3, -0.25) is 9.59 Å². The molecule has 0 spiro atoms. The van der Waals surface area contributed by atoms with Crippen LogP contribution in [0.1, 0.15) is 28.4 Å². The Balaban J connectivity index is 1.72. The van der Waals surface area contributed by atoms with Gasteiger partial charge < -0.3 is 14.8 Å². The van der Waals surface area contributed by atoms with Crippen molar-refractivity contribution in [3.63, 3.8) is 0 Å². The third-order valence-corrected chi connectivity index (χ3v) is 4.82. The molecule has 0 heterocycles. The van der Waals surface area contributed by atoms with Crippen LogP contribution in [0.5, 0.6) is 5.75 Å². The molecule has 0 fully saturated rings. The lowest BCUT2D eigenvalue weighted by Crippen LogP contribution is -2.32. The highest BCUT2D eigenvalue weighted by atomic mass is 16.6. The summed E-state index contributed by atoms with van der Waals surface area (Å²) in [5, 5.41) is 6.63. The number of nitrogens with one attached hydrogen (secondary N) is 2. The molecule has 3 aromatic rings. The van der Waals surface area contributed by atoms with Crippen LogP contribution in [0.15, 0.2) is 108 Å². The fourth-order valence-corrected chi connectivity index (χ4v) is 3.06. The van der Waals surface area contributed by atoms with Crippen molar-refractivity contribution >= 4 is 30.1 Å². The smallest absolute Gasteiger partial charge is 0.344 e. The van der Waals surface area contributed by atoms with Crippen molar-refractivity contribution in [1.29, 1.82) is 0 Å². The summed E-state index contributed by atoms with van der Waals surface area (Å²) < 4.78 is 10.4. The van der Waals surface area contributed by atoms with Gasteiger partial charge in [-0.25, -0.2) is 10.2 Å². The van der Waals surface area contributed by atoms with E-state index in [1.807, 2.05) is 36.4 Å². The van der Waals surface area contributed by atoms with E-state index in [2.05, 4.69) is 15.8 Å². The summed E-state index contributed by atoms with van der Waals surface area (Å²) in [5.74, 6) is -1.15. The van der Waals surface area contributed by atoms with Gasteiger partial charge in [-0.1, -0.05) is 72.8 Å². The summed E-state index contributed by atoms with van der Waals surface area (Å²) in [4.78, 5) is 37.1. The van der Waals surface area contributed by atoms with E-state index in [0.29, 0.717) is 16.9 Å². The van der Waals surface area contributed by atoms with E-state index in [9.17, 15) is 14.4 Å². The first-order valence-corrected chi connectivity index (χ1v) is 11.6. The average molecular weight is 498 g/mol. The van der Waals surface area contributed by atoms with Crippen LogP contribution in [0.25, 0.3) is 6.08 Å². The summed E-state index contributed by atoms with van der Waals surface area (Å²) >= 11 is 0. The number of carbonyl (C=O) groups is 3. The Morgan fingerprint density at radius 2 is 1.57 bits per heavy atom. The second kappa shape index (κ2) is 14.4. The highest BCUT2D eigenvalue weighted by molar-refractivity contribution is 6.03. The van der Waals surface area contributed by atoms with Crippen molar-refractivity contribution in [3.8, 4) is 5.75 Å². The number of rotatable bonds is 11. The predicted octanol–water partition coefficient (Wildman–Crippen LogP) is 4.11. The minimum absolute atomic E-state index is 0.00466. The number of carbonyl (C=O) groups excluding carboxylic acids is 3. The predicted molar refractivity (Wildman–Crippen MR) is 142 cm³/mol. The zero-order valence-electron chi connectivity index (χ0n) is 20.3. The lowest BCUT2D eigenvalue weighted by Gasteiger charge is -2.09. The van der Waals surface area contributed by atoms with Crippen LogP contribution in [-0.4, -0.2) is 37.2 Å². The van der Waals surface area contributed by atoms with Crippen molar-refractivity contribution in [3.05, 3.63) is 119 Å². The lowest BCUT2D eigenvalue weighted by atomic mass is 10.2. The molecule has 0 aliphatic carbocycles. The number of ether oxygens (including phenoxy) is 2. The van der Waals surface area contributed by atoms with Gasteiger partial charge in [-0.2, -0.15) is 5.10 Å². The quantitative estimate of drug-likeness (QED) is 0.136. The topological polar surface area (TPSA) is 106 Å². The molecule has 0 aromatic heterocycles. The van der Waals surface area contributed by atoms with E-state index in [-0.39, 0.29) is 18.9 Å². The SMILES string of the molecule is CCOC(=O)COc1ccccc1/C=N/NC(=O)/C(=C\C=C\c1ccccc1)NC(=O)c1ccccc1. The fraction of sp³-hybridized carbons (Fsp3) is 0.103. The third-order valence-electron chi connectivity index (χ3n) is 4.82. The Hall–Kier alpha value is -4.98. The van der Waals surface area contributed by atoms with Crippen LogP contribution in [0, 0.1) is 0 Å². The molecule has 2 N–H and O–H groups in total. The molecule has 0 aliphatic rings. The van der Waals surface area contributed by atoms with Gasteiger partial charge in [-0.15, -0.1) is 0 Å². The summed E-state index contributed by atoms with van der Waals surface area (Å²) in [6.45, 7) is 1.72. The second-order valence-corrected chi connectivity index (χ2v) is 7.50. The maximum atomic E-state index is 12.9. The van der Waals surface area contributed by atoms with Crippen molar-refractivity contribution in [1.82, 2.24) is 10.7 Å². The molecule has 37 heavy (non-hydrogen) atoms. The van der Waals surface area contributed by atoms with Gasteiger partial charge in [0.05, 0.1) is 12.8 Å². The summed E-state index contributed by atoms with van der Waals surface area (Å²) in [6, 6.07) is 25.0. The standard InChI is InChI=1S/C29H27N3O5/c1-2-36-27(33)21-37-26-19-10-9-17-24(26)20-30-32-29(35)25(18-11-14-22-12-5-3-6-13-22)31-28(34)23-15-7-4-8-16-23/h3-20H,2,21H2,1H3,(H,31,34)(H,32,35)/b14-11+,25-18+,30-20+. The molecule has 8 nitrogen and oxygen atoms in total. The first-order valence-electron chi connectivity index (χ1n) is 11.6. The number of nitrogens with zero attached hydrogens (tertiary/aromatic N) is 1. The van der Waals surface area contributed by atoms with Gasteiger partial charge in [0.2, 0.25) is 0 Å². The molecule has 8 heteroatoms. The first-order chi connectivity index (χ1) is 18.1. The van der Waals surface area contributed by atoms with Crippen molar-refractivity contribution in [2.24, 2.45) is 5.10 Å². The number of para-hydroxylation sites is 1. The van der Waals surface area contributed by atoms with Gasteiger partial charge in [0.25, 0.3) is 11.8 Å². The number of esters is 1. The first kappa shape index (κ1) is 26.6. The van der Waals surface area contributed by atoms with Gasteiger partial charge in [0, 0.05) is 11.1 Å². The molecule has 0 aliphatic heterocycles. The molecule has 3 rings (SSSR count). The zero-order chi connectivity index (χ0) is 26.3. The van der Waals surface area contributed by atoms with Crippen LogP contribution in [-0.2, 0) is 14.3 Å². The van der Waals surface area contributed by atoms with Crippen LogP contribution in [0.2, 0.25) is 0 Å². The van der Waals surface area contributed by atoms with Crippen molar-refractivity contribution in [2.75, 3.05) is 13.2 Å². The Labute approximate surface area is 215 Å². The summed E-state index contributed by atoms with van der Waals surface area (Å²) in [7, 11) is 0. The van der Waals surface area contributed by atoms with E-state index in [4.69, 9.17) is 9.47 Å². The van der Waals surface area contributed by atoms with Gasteiger partial charge >= 0.3 is 5.97 Å². The average Bonchev–Trinajstić information content (AvgIpc) is 2.93. The maximum Gasteiger partial charge on any atom is 0.344 e. The minimum Gasteiger partial charge on any atom is -0.481 e. The number of hydrogen-bond donors (Lipinski definition) is 2. The van der Waals surface area contributed by atoms with E-state index >= 15 is 0 Å². The molecular weight excluding hydrogens is 470 g/mol. The van der Waals surface area contributed by atoms with E-state index in [1.54, 1.807) is 67.6 Å². The molecule has 3 aromatic carbocycles. The fourth-order valence-electron chi connectivity index (χ4n) is 3.06. The van der Waals surface area contributed by atoms with Crippen LogP contribution in [0.3, 0.4) is 0 Å². The number of benzene rings is 3. The highest BCUT2D eigenvalue weighted by Gasteiger charge is 2.13. The number of hydrazone groups is 1. The highest BCUT2D eigenvalue weighted by Crippen LogP contribution is 2.15. The molecule has 0 unspecified atom stereocenters. The van der Waals surface area contributed by atoms with Gasteiger partial charge in [0.15, 0.2) is 6.61 Å². The van der Waals surface area contributed by atoms with E-state index in [0.717, 1.165) is 5.56 Å². The Morgan fingerprint density at radius 1 is 0.892 bits per heavy atom. The summed E-state index contributed by atoms with van der Waals surface area (Å²) in [6.07, 6.45) is 6.35. The molecule has 0 radical (unpaired) electrons. The minimum atomic E-state index is -0.622. The largest absolute Gasteiger partial charge is 0.481 e. The van der Waals surface area contributed by atoms with Crippen LogP contribution >= 0.6 is 0 Å². The number of allylic oxidation sites excluding steroid dienone is 2. The van der Waals surface area contributed by atoms with Crippen LogP contribution in [0.4, 0.5) is 0 Å². The van der Waals surface area contributed by atoms with Crippen molar-refractivity contribution in [2.45, 2.75) is 6.92 Å². The molecule has 0 saturated carbocycles. The Bertz CT molecular complexity index is 1290. The van der Waals surface area contributed by atoms with Crippen LogP contribution < -0.4 is 15.5 Å². The van der Waals surface area contributed by atoms with E-state index < -0.39 is 17.8 Å². The Morgan fingerprint density at radius 3 is 2.30 bits per heavy atom. The molecule has 0 bridgehead atoms. The summed E-state index contributed by atoms with van der Waals surface area (Å²) in [5.41, 5.74) is 4.30. The zero-order valence-corrected chi connectivity index (χ0v) is 20.3. The number of amides is 2. The Kier molecular flexibility index (Phi) is 10.4. The molecule has 0 saturated heterocycles. The maximum absolute atomic E-state index is 12.9.